The van der Waals surface area contributed by atoms with E-state index < -0.39 is 5.66 Å². The van der Waals surface area contributed by atoms with Crippen molar-refractivity contribution in [1.82, 2.24) is 24.8 Å². The summed E-state index contributed by atoms with van der Waals surface area (Å²) in [6.45, 7) is 1.84. The first-order chi connectivity index (χ1) is 12.1. The quantitative estimate of drug-likeness (QED) is 0.728. The van der Waals surface area contributed by atoms with Gasteiger partial charge in [0.05, 0.1) is 5.51 Å². The molecule has 1 spiro atoms. The number of amides is 1. The Bertz CT molecular complexity index is 1100. The van der Waals surface area contributed by atoms with E-state index in [-0.39, 0.29) is 11.5 Å². The number of thiazole rings is 1. The fourth-order valence-electron chi connectivity index (χ4n) is 3.62. The Morgan fingerprint density at radius 2 is 2.12 bits per heavy atom. The molecule has 4 heterocycles. The fraction of sp³-hybridized carbons (Fsp3) is 0.312. The van der Waals surface area contributed by atoms with E-state index in [2.05, 4.69) is 25.6 Å². The van der Waals surface area contributed by atoms with E-state index in [1.54, 1.807) is 16.1 Å². The molecule has 126 valence electrons. The van der Waals surface area contributed by atoms with Crippen LogP contribution >= 0.6 is 11.3 Å². The summed E-state index contributed by atoms with van der Waals surface area (Å²) in [6.07, 6.45) is 3.99. The van der Waals surface area contributed by atoms with Gasteiger partial charge >= 0.3 is 0 Å². The summed E-state index contributed by atoms with van der Waals surface area (Å²) in [6, 6.07) is 1.70. The van der Waals surface area contributed by atoms with Gasteiger partial charge in [-0.2, -0.15) is 0 Å². The van der Waals surface area contributed by atoms with Gasteiger partial charge < -0.3 is 10.6 Å². The number of rotatable bonds is 2. The number of aromatic nitrogens is 4. The summed E-state index contributed by atoms with van der Waals surface area (Å²) in [5, 5.41) is 6.08. The van der Waals surface area contributed by atoms with Crippen molar-refractivity contribution in [3.05, 3.63) is 39.5 Å². The van der Waals surface area contributed by atoms with Gasteiger partial charge in [-0.25, -0.2) is 15.0 Å². The highest BCUT2D eigenvalue weighted by atomic mass is 32.1. The van der Waals surface area contributed by atoms with E-state index >= 15 is 0 Å². The molecule has 1 fully saturated rings. The van der Waals surface area contributed by atoms with Gasteiger partial charge in [0.1, 0.15) is 33.7 Å². The molecule has 0 unspecified atom stereocenters. The maximum atomic E-state index is 13.1. The molecule has 2 aliphatic rings. The van der Waals surface area contributed by atoms with E-state index in [1.807, 2.05) is 6.92 Å². The second-order valence-corrected chi connectivity index (χ2v) is 7.26. The smallest absolute Gasteiger partial charge is 0.276 e. The summed E-state index contributed by atoms with van der Waals surface area (Å²) in [5.74, 6) is 0.313. The highest BCUT2D eigenvalue weighted by Gasteiger charge is 2.48. The van der Waals surface area contributed by atoms with Gasteiger partial charge in [0.15, 0.2) is 5.82 Å². The number of carbonyl (C=O) groups excluding carboxylic acids is 1. The lowest BCUT2D eigenvalue weighted by molar-refractivity contribution is 0.0790. The van der Waals surface area contributed by atoms with Crippen molar-refractivity contribution in [1.29, 1.82) is 0 Å². The molecule has 25 heavy (non-hydrogen) atoms. The van der Waals surface area contributed by atoms with Gasteiger partial charge in [-0.3, -0.25) is 14.2 Å². The van der Waals surface area contributed by atoms with Crippen LogP contribution in [0.5, 0.6) is 0 Å². The van der Waals surface area contributed by atoms with Crippen LogP contribution in [-0.2, 0) is 5.66 Å². The average molecular weight is 354 g/mol. The molecule has 3 aromatic heterocycles. The standard InChI is InChI=1S/C16H14N6O2S/c1-8-5-9(20-12-10-14(18-6-17-12)25-7-19-10)15(24)22-11(8)13(23)21-16(22)3-2-4-16/h5-7H,2-4H2,1H3,(H,21,23)(H,17,18,20). The molecule has 8 nitrogen and oxygen atoms in total. The number of pyridine rings is 1. The molecule has 5 rings (SSSR count). The second kappa shape index (κ2) is 4.85. The Morgan fingerprint density at radius 3 is 2.88 bits per heavy atom. The van der Waals surface area contributed by atoms with Crippen molar-refractivity contribution in [3.8, 4) is 0 Å². The molecule has 2 N–H and O–H groups in total. The van der Waals surface area contributed by atoms with E-state index in [0.29, 0.717) is 22.7 Å². The topological polar surface area (TPSA) is 102 Å². The molecule has 0 radical (unpaired) electrons. The zero-order valence-electron chi connectivity index (χ0n) is 13.4. The molecule has 1 amide bonds. The zero-order chi connectivity index (χ0) is 17.2. The summed E-state index contributed by atoms with van der Waals surface area (Å²) in [7, 11) is 0. The van der Waals surface area contributed by atoms with Crippen molar-refractivity contribution in [3.63, 3.8) is 0 Å². The van der Waals surface area contributed by atoms with Crippen molar-refractivity contribution >= 4 is 39.1 Å². The van der Waals surface area contributed by atoms with Crippen molar-refractivity contribution in [2.75, 3.05) is 5.32 Å². The summed E-state index contributed by atoms with van der Waals surface area (Å²) in [4.78, 5) is 38.8. The first kappa shape index (κ1) is 14.5. The van der Waals surface area contributed by atoms with Gasteiger partial charge in [0, 0.05) is 0 Å². The summed E-state index contributed by atoms with van der Waals surface area (Å²) < 4.78 is 1.62. The largest absolute Gasteiger partial charge is 0.334 e. The SMILES string of the molecule is Cc1cc(Nc2ncnc3scnc23)c(=O)n2c1C(=O)NC21CCC1. The molecule has 0 saturated heterocycles. The third kappa shape index (κ3) is 1.89. The van der Waals surface area contributed by atoms with Crippen LogP contribution < -0.4 is 16.2 Å². The number of carbonyl (C=O) groups is 1. The van der Waals surface area contributed by atoms with Crippen LogP contribution in [0.1, 0.15) is 35.3 Å². The molecule has 9 heteroatoms. The molecule has 1 saturated carbocycles. The molecule has 0 aromatic carbocycles. The van der Waals surface area contributed by atoms with Gasteiger partial charge in [-0.15, -0.1) is 11.3 Å². The van der Waals surface area contributed by atoms with Crippen LogP contribution in [0.4, 0.5) is 11.5 Å². The van der Waals surface area contributed by atoms with Crippen molar-refractivity contribution < 1.29 is 4.79 Å². The average Bonchev–Trinajstić information content (AvgIpc) is 3.15. The number of anilines is 2. The number of hydrogen-bond acceptors (Lipinski definition) is 7. The molecule has 3 aromatic rings. The summed E-state index contributed by atoms with van der Waals surface area (Å²) >= 11 is 1.41. The normalized spacial score (nSPS) is 17.4. The minimum atomic E-state index is -0.562. The Balaban J connectivity index is 1.68. The number of nitrogens with one attached hydrogen (secondary N) is 2. The molecular formula is C16H14N6O2S. The van der Waals surface area contributed by atoms with E-state index in [9.17, 15) is 9.59 Å². The van der Waals surface area contributed by atoms with E-state index in [4.69, 9.17) is 0 Å². The predicted octanol–water partition coefficient (Wildman–Crippen LogP) is 1.88. The third-order valence-corrected chi connectivity index (χ3v) is 5.68. The molecule has 1 aliphatic heterocycles. The minimum absolute atomic E-state index is 0.176. The van der Waals surface area contributed by atoms with Crippen molar-refractivity contribution in [2.45, 2.75) is 31.8 Å². The predicted molar refractivity (Wildman–Crippen MR) is 93.2 cm³/mol. The number of fused-ring (bicyclic) bond motifs is 3. The van der Waals surface area contributed by atoms with Crippen LogP contribution in [0.2, 0.25) is 0 Å². The number of nitrogens with zero attached hydrogens (tertiary/aromatic N) is 4. The van der Waals surface area contributed by atoms with Crippen LogP contribution in [0.3, 0.4) is 0 Å². The van der Waals surface area contributed by atoms with Crippen molar-refractivity contribution in [2.24, 2.45) is 0 Å². The Kier molecular flexibility index (Phi) is 2.82. The maximum Gasteiger partial charge on any atom is 0.276 e. The van der Waals surface area contributed by atoms with E-state index in [1.165, 1.54) is 17.7 Å². The van der Waals surface area contributed by atoms with Crippen LogP contribution in [-0.4, -0.2) is 25.4 Å². The Morgan fingerprint density at radius 1 is 1.28 bits per heavy atom. The molecule has 0 atom stereocenters. The molecule has 0 bridgehead atoms. The highest BCUT2D eigenvalue weighted by Crippen LogP contribution is 2.41. The fourth-order valence-corrected chi connectivity index (χ4v) is 4.25. The first-order valence-corrected chi connectivity index (χ1v) is 8.88. The lowest BCUT2D eigenvalue weighted by Crippen LogP contribution is -2.52. The third-order valence-electron chi connectivity index (χ3n) is 4.95. The first-order valence-electron chi connectivity index (χ1n) is 8.00. The highest BCUT2D eigenvalue weighted by molar-refractivity contribution is 7.16. The van der Waals surface area contributed by atoms with E-state index in [0.717, 1.165) is 29.7 Å². The monoisotopic (exact) mass is 354 g/mol. The van der Waals surface area contributed by atoms with Crippen LogP contribution in [0, 0.1) is 6.92 Å². The maximum absolute atomic E-state index is 13.1. The number of hydrogen-bond donors (Lipinski definition) is 2. The van der Waals surface area contributed by atoms with Gasteiger partial charge in [0.25, 0.3) is 11.5 Å². The minimum Gasteiger partial charge on any atom is -0.334 e. The lowest BCUT2D eigenvalue weighted by atomic mass is 9.85. The van der Waals surface area contributed by atoms with Gasteiger partial charge in [-0.1, -0.05) is 0 Å². The molecular weight excluding hydrogens is 340 g/mol. The zero-order valence-corrected chi connectivity index (χ0v) is 14.2. The van der Waals surface area contributed by atoms with Crippen LogP contribution in [0.15, 0.2) is 22.7 Å². The lowest BCUT2D eigenvalue weighted by Gasteiger charge is -2.39. The van der Waals surface area contributed by atoms with Gasteiger partial charge in [0.2, 0.25) is 0 Å². The summed E-state index contributed by atoms with van der Waals surface area (Å²) in [5.41, 5.74) is 3.13. The van der Waals surface area contributed by atoms with Crippen LogP contribution in [0.25, 0.3) is 10.3 Å². The number of aryl methyl sites for hydroxylation is 1. The second-order valence-electron chi connectivity index (χ2n) is 6.42. The molecule has 1 aliphatic carbocycles. The van der Waals surface area contributed by atoms with Gasteiger partial charge in [-0.05, 0) is 37.8 Å². The Hall–Kier alpha value is -2.81. The Labute approximate surface area is 145 Å².